The van der Waals surface area contributed by atoms with Crippen LogP contribution in [0.15, 0.2) is 42.6 Å². The van der Waals surface area contributed by atoms with Crippen LogP contribution in [0.5, 0.6) is 0 Å². The normalized spacial score (nSPS) is 10.6. The SMILES string of the molecule is CCNCc1ccc(N(CC)Cc2ccccn2)c(C)c1. The lowest BCUT2D eigenvalue weighted by molar-refractivity contribution is 0.725. The average Bonchev–Trinajstić information content (AvgIpc) is 2.52. The first-order valence-corrected chi connectivity index (χ1v) is 7.69. The van der Waals surface area contributed by atoms with Gasteiger partial charge in [-0.25, -0.2) is 0 Å². The molecule has 3 nitrogen and oxygen atoms in total. The molecule has 0 bridgehead atoms. The average molecular weight is 283 g/mol. The molecule has 0 saturated carbocycles. The van der Waals surface area contributed by atoms with Crippen molar-refractivity contribution in [2.45, 2.75) is 33.9 Å². The molecule has 0 amide bonds. The van der Waals surface area contributed by atoms with E-state index in [1.54, 1.807) is 0 Å². The van der Waals surface area contributed by atoms with E-state index in [2.05, 4.69) is 60.2 Å². The van der Waals surface area contributed by atoms with Gasteiger partial charge in [-0.2, -0.15) is 0 Å². The Labute approximate surface area is 128 Å². The Hall–Kier alpha value is -1.87. The molecule has 112 valence electrons. The first kappa shape index (κ1) is 15.5. The van der Waals surface area contributed by atoms with Crippen LogP contribution in [-0.4, -0.2) is 18.1 Å². The van der Waals surface area contributed by atoms with Crippen molar-refractivity contribution in [2.75, 3.05) is 18.0 Å². The first-order chi connectivity index (χ1) is 10.2. The summed E-state index contributed by atoms with van der Waals surface area (Å²) in [5.41, 5.74) is 5.06. The van der Waals surface area contributed by atoms with Crippen LogP contribution in [0.1, 0.15) is 30.7 Å². The van der Waals surface area contributed by atoms with Gasteiger partial charge < -0.3 is 10.2 Å². The Morgan fingerprint density at radius 1 is 1.14 bits per heavy atom. The fourth-order valence-electron chi connectivity index (χ4n) is 2.51. The molecule has 1 heterocycles. The number of hydrogen-bond acceptors (Lipinski definition) is 3. The lowest BCUT2D eigenvalue weighted by Crippen LogP contribution is -2.23. The maximum atomic E-state index is 4.43. The lowest BCUT2D eigenvalue weighted by atomic mass is 10.1. The van der Waals surface area contributed by atoms with Gasteiger partial charge in [0.2, 0.25) is 0 Å². The molecule has 0 saturated heterocycles. The quantitative estimate of drug-likeness (QED) is 0.842. The second kappa shape index (κ2) is 7.79. The highest BCUT2D eigenvalue weighted by Gasteiger charge is 2.09. The Morgan fingerprint density at radius 2 is 2.00 bits per heavy atom. The van der Waals surface area contributed by atoms with Crippen LogP contribution >= 0.6 is 0 Å². The predicted octanol–water partition coefficient (Wildman–Crippen LogP) is 3.53. The van der Waals surface area contributed by atoms with Crippen molar-refractivity contribution >= 4 is 5.69 Å². The van der Waals surface area contributed by atoms with Crippen molar-refractivity contribution in [1.29, 1.82) is 0 Å². The van der Waals surface area contributed by atoms with Gasteiger partial charge in [0.1, 0.15) is 0 Å². The largest absolute Gasteiger partial charge is 0.366 e. The molecule has 21 heavy (non-hydrogen) atoms. The Bertz CT molecular complexity index is 552. The van der Waals surface area contributed by atoms with Gasteiger partial charge in [-0.3, -0.25) is 4.98 Å². The standard InChI is InChI=1S/C18H25N3/c1-4-19-13-16-9-10-18(15(3)12-16)21(5-2)14-17-8-6-7-11-20-17/h6-12,19H,4-5,13-14H2,1-3H3. The number of rotatable bonds is 7. The fraction of sp³-hybridized carbons (Fsp3) is 0.389. The molecule has 3 heteroatoms. The lowest BCUT2D eigenvalue weighted by Gasteiger charge is -2.25. The van der Waals surface area contributed by atoms with Crippen molar-refractivity contribution in [3.63, 3.8) is 0 Å². The third-order valence-corrected chi connectivity index (χ3v) is 3.64. The second-order valence-electron chi connectivity index (χ2n) is 5.24. The molecule has 0 unspecified atom stereocenters. The smallest absolute Gasteiger partial charge is 0.0601 e. The van der Waals surface area contributed by atoms with Crippen molar-refractivity contribution in [2.24, 2.45) is 0 Å². The monoisotopic (exact) mass is 283 g/mol. The van der Waals surface area contributed by atoms with Crippen LogP contribution < -0.4 is 10.2 Å². The van der Waals surface area contributed by atoms with Gasteiger partial charge in [0.25, 0.3) is 0 Å². The molecule has 1 aromatic carbocycles. The molecule has 0 atom stereocenters. The second-order valence-corrected chi connectivity index (χ2v) is 5.24. The number of pyridine rings is 1. The Balaban J connectivity index is 2.14. The molecule has 0 aliphatic heterocycles. The fourth-order valence-corrected chi connectivity index (χ4v) is 2.51. The van der Waals surface area contributed by atoms with Crippen molar-refractivity contribution in [1.82, 2.24) is 10.3 Å². The molecule has 2 aromatic rings. The molecule has 0 fully saturated rings. The maximum absolute atomic E-state index is 4.43. The van der Waals surface area contributed by atoms with Gasteiger partial charge >= 0.3 is 0 Å². The molecular formula is C18H25N3. The number of aryl methyl sites for hydroxylation is 1. The van der Waals surface area contributed by atoms with Crippen LogP contribution in [0.4, 0.5) is 5.69 Å². The third-order valence-electron chi connectivity index (χ3n) is 3.64. The van der Waals surface area contributed by atoms with Gasteiger partial charge in [-0.15, -0.1) is 0 Å². The number of benzene rings is 1. The van der Waals surface area contributed by atoms with E-state index in [4.69, 9.17) is 0 Å². The van der Waals surface area contributed by atoms with Crippen LogP contribution in [0.25, 0.3) is 0 Å². The summed E-state index contributed by atoms with van der Waals surface area (Å²) in [5.74, 6) is 0. The van der Waals surface area contributed by atoms with Crippen molar-refractivity contribution in [3.8, 4) is 0 Å². The maximum Gasteiger partial charge on any atom is 0.0601 e. The minimum atomic E-state index is 0.852. The van der Waals surface area contributed by atoms with E-state index in [1.165, 1.54) is 16.8 Å². The summed E-state index contributed by atoms with van der Waals surface area (Å²) in [4.78, 5) is 6.80. The van der Waals surface area contributed by atoms with Gasteiger partial charge in [0.05, 0.1) is 12.2 Å². The van der Waals surface area contributed by atoms with Gasteiger partial charge in [0, 0.05) is 25.0 Å². The zero-order valence-electron chi connectivity index (χ0n) is 13.3. The van der Waals surface area contributed by atoms with E-state index in [-0.39, 0.29) is 0 Å². The number of nitrogens with zero attached hydrogens (tertiary/aromatic N) is 2. The van der Waals surface area contributed by atoms with Gasteiger partial charge in [-0.05, 0) is 49.7 Å². The number of hydrogen-bond donors (Lipinski definition) is 1. The van der Waals surface area contributed by atoms with Crippen LogP contribution in [0, 0.1) is 6.92 Å². The third kappa shape index (κ3) is 4.30. The molecule has 0 aliphatic carbocycles. The molecule has 1 aromatic heterocycles. The van der Waals surface area contributed by atoms with E-state index >= 15 is 0 Å². The minimum Gasteiger partial charge on any atom is -0.366 e. The first-order valence-electron chi connectivity index (χ1n) is 7.69. The van der Waals surface area contributed by atoms with Crippen LogP contribution in [-0.2, 0) is 13.1 Å². The van der Waals surface area contributed by atoms with Crippen LogP contribution in [0.3, 0.4) is 0 Å². The summed E-state index contributed by atoms with van der Waals surface area (Å²) in [6, 6.07) is 12.8. The number of nitrogens with one attached hydrogen (secondary N) is 1. The minimum absolute atomic E-state index is 0.852. The Kier molecular flexibility index (Phi) is 5.76. The van der Waals surface area contributed by atoms with Gasteiger partial charge in [0.15, 0.2) is 0 Å². The van der Waals surface area contributed by atoms with E-state index in [0.29, 0.717) is 0 Å². The molecule has 2 rings (SSSR count). The zero-order valence-corrected chi connectivity index (χ0v) is 13.3. The predicted molar refractivity (Wildman–Crippen MR) is 89.5 cm³/mol. The molecular weight excluding hydrogens is 258 g/mol. The van der Waals surface area contributed by atoms with E-state index in [9.17, 15) is 0 Å². The summed E-state index contributed by atoms with van der Waals surface area (Å²) >= 11 is 0. The highest BCUT2D eigenvalue weighted by molar-refractivity contribution is 5.54. The van der Waals surface area contributed by atoms with Crippen molar-refractivity contribution in [3.05, 3.63) is 59.4 Å². The number of anilines is 1. The van der Waals surface area contributed by atoms with E-state index in [0.717, 1.165) is 31.9 Å². The highest BCUT2D eigenvalue weighted by Crippen LogP contribution is 2.22. The highest BCUT2D eigenvalue weighted by atomic mass is 15.1. The summed E-state index contributed by atoms with van der Waals surface area (Å²) < 4.78 is 0. The van der Waals surface area contributed by atoms with E-state index in [1.807, 2.05) is 18.3 Å². The van der Waals surface area contributed by atoms with Crippen LogP contribution in [0.2, 0.25) is 0 Å². The van der Waals surface area contributed by atoms with Crippen molar-refractivity contribution < 1.29 is 0 Å². The summed E-state index contributed by atoms with van der Waals surface area (Å²) in [6.07, 6.45) is 1.86. The molecule has 0 spiro atoms. The molecule has 0 radical (unpaired) electrons. The molecule has 1 N–H and O–H groups in total. The summed E-state index contributed by atoms with van der Waals surface area (Å²) in [7, 11) is 0. The Morgan fingerprint density at radius 3 is 2.62 bits per heavy atom. The zero-order chi connectivity index (χ0) is 15.1. The topological polar surface area (TPSA) is 28.2 Å². The molecule has 0 aliphatic rings. The summed E-state index contributed by atoms with van der Waals surface area (Å²) in [6.45, 7) is 10.3. The summed E-state index contributed by atoms with van der Waals surface area (Å²) in [5, 5.41) is 3.37. The van der Waals surface area contributed by atoms with E-state index < -0.39 is 0 Å². The number of aromatic nitrogens is 1. The van der Waals surface area contributed by atoms with Gasteiger partial charge in [-0.1, -0.05) is 25.1 Å².